The van der Waals surface area contributed by atoms with Crippen molar-refractivity contribution in [3.05, 3.63) is 35.2 Å². The van der Waals surface area contributed by atoms with Crippen LogP contribution in [0.4, 0.5) is 0 Å². The van der Waals surface area contributed by atoms with E-state index >= 15 is 0 Å². The maximum atomic E-state index is 12.0. The minimum atomic E-state index is -0.00662. The predicted octanol–water partition coefficient (Wildman–Crippen LogP) is 2.63. The Bertz CT molecular complexity index is 535. The van der Waals surface area contributed by atoms with Crippen molar-refractivity contribution in [3.63, 3.8) is 0 Å². The molecule has 0 saturated carbocycles. The zero-order valence-electron chi connectivity index (χ0n) is 10.7. The molecule has 0 radical (unpaired) electrons. The third kappa shape index (κ3) is 3.09. The molecule has 2 N–H and O–H groups in total. The van der Waals surface area contributed by atoms with E-state index in [-0.39, 0.29) is 5.91 Å². The number of thiophene rings is 1. The molecular weight excluding hydrogens is 244 g/mol. The molecule has 0 unspecified atom stereocenters. The minimum Gasteiger partial charge on any atom is -0.350 e. The van der Waals surface area contributed by atoms with E-state index in [1.165, 1.54) is 4.70 Å². The molecule has 0 aliphatic heterocycles. The van der Waals surface area contributed by atoms with Crippen LogP contribution in [0.15, 0.2) is 29.6 Å². The SMILES string of the molecule is CCN[C@H](C)CNC(=O)c1ccc2sccc2c1. The van der Waals surface area contributed by atoms with E-state index < -0.39 is 0 Å². The van der Waals surface area contributed by atoms with Crippen LogP contribution in [0.25, 0.3) is 10.1 Å². The van der Waals surface area contributed by atoms with E-state index in [4.69, 9.17) is 0 Å². The molecule has 4 heteroatoms. The maximum absolute atomic E-state index is 12.0. The molecule has 2 rings (SSSR count). The van der Waals surface area contributed by atoms with Gasteiger partial charge < -0.3 is 10.6 Å². The van der Waals surface area contributed by atoms with Gasteiger partial charge in [0.2, 0.25) is 0 Å². The molecule has 0 aliphatic rings. The van der Waals surface area contributed by atoms with E-state index in [0.29, 0.717) is 12.6 Å². The van der Waals surface area contributed by atoms with Gasteiger partial charge in [-0.1, -0.05) is 6.92 Å². The van der Waals surface area contributed by atoms with Gasteiger partial charge in [0.1, 0.15) is 0 Å². The van der Waals surface area contributed by atoms with Crippen LogP contribution >= 0.6 is 11.3 Å². The van der Waals surface area contributed by atoms with Crippen molar-refractivity contribution in [3.8, 4) is 0 Å². The monoisotopic (exact) mass is 262 g/mol. The fourth-order valence-electron chi connectivity index (χ4n) is 1.88. The molecule has 1 atom stereocenters. The van der Waals surface area contributed by atoms with Crippen LogP contribution in [0.5, 0.6) is 0 Å². The lowest BCUT2D eigenvalue weighted by atomic mass is 10.1. The first-order chi connectivity index (χ1) is 8.70. The zero-order chi connectivity index (χ0) is 13.0. The predicted molar refractivity (Wildman–Crippen MR) is 77.3 cm³/mol. The van der Waals surface area contributed by atoms with Gasteiger partial charge in [-0.25, -0.2) is 0 Å². The van der Waals surface area contributed by atoms with Gasteiger partial charge in [-0.2, -0.15) is 0 Å². The average Bonchev–Trinajstić information content (AvgIpc) is 2.83. The Morgan fingerprint density at radius 1 is 1.39 bits per heavy atom. The van der Waals surface area contributed by atoms with Crippen molar-refractivity contribution < 1.29 is 4.79 Å². The Balaban J connectivity index is 1.99. The molecule has 0 bridgehead atoms. The fraction of sp³-hybridized carbons (Fsp3) is 0.357. The van der Waals surface area contributed by atoms with Gasteiger partial charge >= 0.3 is 0 Å². The largest absolute Gasteiger partial charge is 0.350 e. The van der Waals surface area contributed by atoms with Gasteiger partial charge in [0.05, 0.1) is 0 Å². The number of fused-ring (bicyclic) bond motifs is 1. The Hall–Kier alpha value is -1.39. The number of nitrogens with one attached hydrogen (secondary N) is 2. The second kappa shape index (κ2) is 5.98. The smallest absolute Gasteiger partial charge is 0.251 e. The summed E-state index contributed by atoms with van der Waals surface area (Å²) in [7, 11) is 0. The molecule has 0 aliphatic carbocycles. The highest BCUT2D eigenvalue weighted by Gasteiger charge is 2.08. The fourth-order valence-corrected chi connectivity index (χ4v) is 2.65. The summed E-state index contributed by atoms with van der Waals surface area (Å²) in [5.41, 5.74) is 0.726. The third-order valence-electron chi connectivity index (χ3n) is 2.84. The first-order valence-corrected chi connectivity index (χ1v) is 7.07. The molecular formula is C14H18N2OS. The quantitative estimate of drug-likeness (QED) is 0.869. The van der Waals surface area contributed by atoms with Crippen molar-refractivity contribution in [1.82, 2.24) is 10.6 Å². The highest BCUT2D eigenvalue weighted by atomic mass is 32.1. The molecule has 1 aromatic carbocycles. The summed E-state index contributed by atoms with van der Waals surface area (Å²) < 4.78 is 1.22. The second-order valence-corrected chi connectivity index (χ2v) is 5.29. The zero-order valence-corrected chi connectivity index (χ0v) is 11.5. The van der Waals surface area contributed by atoms with Gasteiger partial charge in [-0.05, 0) is 48.5 Å². The Kier molecular flexibility index (Phi) is 4.33. The first kappa shape index (κ1) is 13.1. The van der Waals surface area contributed by atoms with Crippen LogP contribution in [0, 0.1) is 0 Å². The number of hydrogen-bond acceptors (Lipinski definition) is 3. The Labute approximate surface area is 111 Å². The summed E-state index contributed by atoms with van der Waals surface area (Å²) in [6.07, 6.45) is 0. The molecule has 2 aromatic rings. The van der Waals surface area contributed by atoms with E-state index in [1.54, 1.807) is 11.3 Å². The van der Waals surface area contributed by atoms with E-state index in [1.807, 2.05) is 29.6 Å². The lowest BCUT2D eigenvalue weighted by molar-refractivity contribution is 0.0950. The molecule has 3 nitrogen and oxygen atoms in total. The maximum Gasteiger partial charge on any atom is 0.251 e. The van der Waals surface area contributed by atoms with Crippen molar-refractivity contribution in [2.24, 2.45) is 0 Å². The summed E-state index contributed by atoms with van der Waals surface area (Å²) in [5, 5.41) is 9.38. The molecule has 0 fully saturated rings. The second-order valence-electron chi connectivity index (χ2n) is 4.34. The number of benzene rings is 1. The van der Waals surface area contributed by atoms with Crippen molar-refractivity contribution in [2.75, 3.05) is 13.1 Å². The first-order valence-electron chi connectivity index (χ1n) is 6.19. The molecule has 18 heavy (non-hydrogen) atoms. The summed E-state index contributed by atoms with van der Waals surface area (Å²) in [6, 6.07) is 8.16. The van der Waals surface area contributed by atoms with Gasteiger partial charge in [0, 0.05) is 22.8 Å². The highest BCUT2D eigenvalue weighted by Crippen LogP contribution is 2.21. The standard InChI is InChI=1S/C14H18N2OS/c1-3-15-10(2)9-16-14(17)12-4-5-13-11(8-12)6-7-18-13/h4-8,10,15H,3,9H2,1-2H3,(H,16,17)/t10-/m1/s1. The number of hydrogen-bond donors (Lipinski definition) is 2. The number of carbonyl (C=O) groups excluding carboxylic acids is 1. The normalized spacial score (nSPS) is 12.6. The number of carbonyl (C=O) groups is 1. The van der Waals surface area contributed by atoms with Crippen molar-refractivity contribution in [2.45, 2.75) is 19.9 Å². The topological polar surface area (TPSA) is 41.1 Å². The van der Waals surface area contributed by atoms with E-state index in [2.05, 4.69) is 24.5 Å². The summed E-state index contributed by atoms with van der Waals surface area (Å²) in [6.45, 7) is 5.68. The van der Waals surface area contributed by atoms with Gasteiger partial charge in [0.15, 0.2) is 0 Å². The van der Waals surface area contributed by atoms with Crippen molar-refractivity contribution in [1.29, 1.82) is 0 Å². The Morgan fingerprint density at radius 3 is 3.00 bits per heavy atom. The molecule has 1 heterocycles. The van der Waals surface area contributed by atoms with E-state index in [0.717, 1.165) is 17.5 Å². The molecule has 1 amide bonds. The van der Waals surface area contributed by atoms with Gasteiger partial charge in [-0.15, -0.1) is 11.3 Å². The minimum absolute atomic E-state index is 0.00662. The number of rotatable bonds is 5. The van der Waals surface area contributed by atoms with Crippen LogP contribution < -0.4 is 10.6 Å². The Morgan fingerprint density at radius 2 is 2.22 bits per heavy atom. The van der Waals surface area contributed by atoms with Gasteiger partial charge in [-0.3, -0.25) is 4.79 Å². The lowest BCUT2D eigenvalue weighted by Crippen LogP contribution is -2.38. The average molecular weight is 262 g/mol. The molecule has 96 valence electrons. The summed E-state index contributed by atoms with van der Waals surface area (Å²) >= 11 is 1.69. The van der Waals surface area contributed by atoms with Crippen molar-refractivity contribution >= 4 is 27.3 Å². The molecule has 1 aromatic heterocycles. The van der Waals surface area contributed by atoms with Crippen LogP contribution in [0.1, 0.15) is 24.2 Å². The van der Waals surface area contributed by atoms with Crippen LogP contribution in [-0.2, 0) is 0 Å². The third-order valence-corrected chi connectivity index (χ3v) is 3.73. The number of likely N-dealkylation sites (N-methyl/N-ethyl adjacent to an activating group) is 1. The van der Waals surface area contributed by atoms with Crippen LogP contribution in [0.2, 0.25) is 0 Å². The molecule has 0 spiro atoms. The highest BCUT2D eigenvalue weighted by molar-refractivity contribution is 7.17. The van der Waals surface area contributed by atoms with E-state index in [9.17, 15) is 4.79 Å². The summed E-state index contributed by atoms with van der Waals surface area (Å²) in [4.78, 5) is 12.0. The lowest BCUT2D eigenvalue weighted by Gasteiger charge is -2.13. The van der Waals surface area contributed by atoms with Crippen LogP contribution in [-0.4, -0.2) is 25.0 Å². The van der Waals surface area contributed by atoms with Gasteiger partial charge in [0.25, 0.3) is 5.91 Å². The number of amides is 1. The summed E-state index contributed by atoms with van der Waals surface area (Å²) in [5.74, 6) is -0.00662. The molecule has 0 saturated heterocycles. The van der Waals surface area contributed by atoms with Crippen LogP contribution in [0.3, 0.4) is 0 Å².